The zero-order valence-electron chi connectivity index (χ0n) is 16.6. The van der Waals surface area contributed by atoms with Crippen molar-refractivity contribution < 1.29 is 9.90 Å². The van der Waals surface area contributed by atoms with Crippen LogP contribution in [0.4, 0.5) is 5.69 Å². The number of benzene rings is 2. The summed E-state index contributed by atoms with van der Waals surface area (Å²) in [5.74, 6) is -0.713. The van der Waals surface area contributed by atoms with Gasteiger partial charge < -0.3 is 10.0 Å². The molecule has 0 spiro atoms. The first-order valence-corrected chi connectivity index (χ1v) is 9.86. The van der Waals surface area contributed by atoms with Gasteiger partial charge in [0.1, 0.15) is 6.04 Å². The predicted octanol–water partition coefficient (Wildman–Crippen LogP) is 4.34. The minimum atomic E-state index is -0.713. The molecule has 0 saturated carbocycles. The Labute approximate surface area is 162 Å². The molecule has 4 heteroatoms. The van der Waals surface area contributed by atoms with Gasteiger partial charge in [0.2, 0.25) is 0 Å². The highest BCUT2D eigenvalue weighted by Gasteiger charge is 2.35. The van der Waals surface area contributed by atoms with Crippen LogP contribution in [0.2, 0.25) is 0 Å². The fourth-order valence-corrected chi connectivity index (χ4v) is 3.99. The molecule has 1 N–H and O–H groups in total. The molecule has 0 aliphatic carbocycles. The zero-order valence-corrected chi connectivity index (χ0v) is 16.6. The van der Waals surface area contributed by atoms with Crippen molar-refractivity contribution in [1.82, 2.24) is 4.90 Å². The van der Waals surface area contributed by atoms with Crippen LogP contribution in [0.15, 0.2) is 48.5 Å². The summed E-state index contributed by atoms with van der Waals surface area (Å²) in [6.07, 6.45) is 3.75. The number of carboxylic acid groups (broad SMARTS) is 1. The van der Waals surface area contributed by atoms with E-state index in [4.69, 9.17) is 0 Å². The molecule has 0 amide bonds. The van der Waals surface area contributed by atoms with Gasteiger partial charge in [0.15, 0.2) is 0 Å². The Bertz CT molecular complexity index is 753. The lowest BCUT2D eigenvalue weighted by Gasteiger charge is -2.39. The number of hydrogen-bond acceptors (Lipinski definition) is 3. The molecular formula is C23H30N2O2. The predicted molar refractivity (Wildman–Crippen MR) is 110 cm³/mol. The highest BCUT2D eigenvalue weighted by Crippen LogP contribution is 2.35. The summed E-state index contributed by atoms with van der Waals surface area (Å²) in [7, 11) is 4.06. The van der Waals surface area contributed by atoms with Crippen LogP contribution in [-0.4, -0.2) is 42.7 Å². The lowest BCUT2D eigenvalue weighted by molar-refractivity contribution is -0.145. The second-order valence-corrected chi connectivity index (χ2v) is 7.57. The molecule has 2 aromatic rings. The van der Waals surface area contributed by atoms with E-state index in [9.17, 15) is 9.90 Å². The Hall–Kier alpha value is -2.33. The highest BCUT2D eigenvalue weighted by atomic mass is 16.4. The van der Waals surface area contributed by atoms with Crippen molar-refractivity contribution in [2.24, 2.45) is 0 Å². The molecule has 3 rings (SSSR count). The van der Waals surface area contributed by atoms with Gasteiger partial charge in [-0.15, -0.1) is 0 Å². The van der Waals surface area contributed by atoms with E-state index in [0.29, 0.717) is 6.42 Å². The number of piperidine rings is 1. The number of likely N-dealkylation sites (tertiary alicyclic amines) is 1. The van der Waals surface area contributed by atoms with E-state index in [1.54, 1.807) is 0 Å². The summed E-state index contributed by atoms with van der Waals surface area (Å²) in [4.78, 5) is 16.2. The summed E-state index contributed by atoms with van der Waals surface area (Å²) >= 11 is 0. The minimum absolute atomic E-state index is 0.0338. The first-order chi connectivity index (χ1) is 13.0. The number of rotatable bonds is 6. The standard InChI is InChI=1S/C23H30N2O2/c1-4-17-8-10-18(11-9-17)22(19-12-14-20(15-13-19)24(2)3)25-16-6-5-7-21(25)23(26)27/h8-15,21-22H,4-7,16H2,1-3H3,(H,26,27). The molecule has 2 aromatic carbocycles. The summed E-state index contributed by atoms with van der Waals surface area (Å²) in [6.45, 7) is 2.96. The molecule has 144 valence electrons. The SMILES string of the molecule is CCc1ccc(C(c2ccc(N(C)C)cc2)N2CCCCC2C(=O)O)cc1. The van der Waals surface area contributed by atoms with Crippen molar-refractivity contribution in [1.29, 1.82) is 0 Å². The van der Waals surface area contributed by atoms with Crippen molar-refractivity contribution in [3.8, 4) is 0 Å². The van der Waals surface area contributed by atoms with E-state index in [-0.39, 0.29) is 6.04 Å². The number of anilines is 1. The maximum atomic E-state index is 11.9. The second-order valence-electron chi connectivity index (χ2n) is 7.57. The average Bonchev–Trinajstić information content (AvgIpc) is 2.69. The number of carbonyl (C=O) groups is 1. The summed E-state index contributed by atoms with van der Waals surface area (Å²) < 4.78 is 0. The van der Waals surface area contributed by atoms with Gasteiger partial charge in [-0.05, 0) is 54.6 Å². The van der Waals surface area contributed by atoms with Crippen LogP contribution in [0, 0.1) is 0 Å². The van der Waals surface area contributed by atoms with Crippen LogP contribution < -0.4 is 4.90 Å². The van der Waals surface area contributed by atoms with Crippen LogP contribution in [-0.2, 0) is 11.2 Å². The molecule has 1 aliphatic rings. The molecule has 0 radical (unpaired) electrons. The lowest BCUT2D eigenvalue weighted by atomic mass is 9.91. The Kier molecular flexibility index (Phi) is 6.17. The quantitative estimate of drug-likeness (QED) is 0.826. The number of hydrogen-bond donors (Lipinski definition) is 1. The van der Waals surface area contributed by atoms with E-state index in [0.717, 1.165) is 42.6 Å². The molecule has 2 unspecified atom stereocenters. The third kappa shape index (κ3) is 4.33. The van der Waals surface area contributed by atoms with Crippen LogP contribution in [0.3, 0.4) is 0 Å². The van der Waals surface area contributed by atoms with Crippen molar-refractivity contribution >= 4 is 11.7 Å². The molecule has 0 bridgehead atoms. The van der Waals surface area contributed by atoms with Crippen molar-refractivity contribution in [2.45, 2.75) is 44.7 Å². The lowest BCUT2D eigenvalue weighted by Crippen LogP contribution is -2.46. The zero-order chi connectivity index (χ0) is 19.4. The first kappa shape index (κ1) is 19.4. The Morgan fingerprint density at radius 1 is 1.07 bits per heavy atom. The molecule has 1 heterocycles. The van der Waals surface area contributed by atoms with Crippen molar-refractivity contribution in [2.75, 3.05) is 25.5 Å². The van der Waals surface area contributed by atoms with E-state index in [1.165, 1.54) is 5.56 Å². The summed E-state index contributed by atoms with van der Waals surface area (Å²) in [5.41, 5.74) is 4.76. The van der Waals surface area contributed by atoms with Crippen LogP contribution in [0.1, 0.15) is 48.9 Å². The highest BCUT2D eigenvalue weighted by molar-refractivity contribution is 5.73. The fraction of sp³-hybridized carbons (Fsp3) is 0.435. The van der Waals surface area contributed by atoms with Gasteiger partial charge in [-0.25, -0.2) is 0 Å². The van der Waals surface area contributed by atoms with Gasteiger partial charge >= 0.3 is 5.97 Å². The molecule has 0 aromatic heterocycles. The molecular weight excluding hydrogens is 336 g/mol. The third-order valence-corrected chi connectivity index (χ3v) is 5.59. The van der Waals surface area contributed by atoms with E-state index in [1.807, 2.05) is 14.1 Å². The van der Waals surface area contributed by atoms with Crippen molar-refractivity contribution in [3.05, 3.63) is 65.2 Å². The van der Waals surface area contributed by atoms with E-state index in [2.05, 4.69) is 65.3 Å². The number of carboxylic acids is 1. The summed E-state index contributed by atoms with van der Waals surface area (Å²) in [5, 5.41) is 9.80. The molecule has 27 heavy (non-hydrogen) atoms. The number of aryl methyl sites for hydroxylation is 1. The second kappa shape index (κ2) is 8.57. The Morgan fingerprint density at radius 3 is 2.19 bits per heavy atom. The van der Waals surface area contributed by atoms with E-state index >= 15 is 0 Å². The largest absolute Gasteiger partial charge is 0.480 e. The van der Waals surface area contributed by atoms with Gasteiger partial charge in [-0.3, -0.25) is 9.69 Å². The average molecular weight is 367 g/mol. The smallest absolute Gasteiger partial charge is 0.320 e. The van der Waals surface area contributed by atoms with Crippen LogP contribution >= 0.6 is 0 Å². The first-order valence-electron chi connectivity index (χ1n) is 9.86. The Balaban J connectivity index is 2.03. The monoisotopic (exact) mass is 366 g/mol. The van der Waals surface area contributed by atoms with Gasteiger partial charge in [0.25, 0.3) is 0 Å². The molecule has 1 aliphatic heterocycles. The van der Waals surface area contributed by atoms with Gasteiger partial charge in [0, 0.05) is 19.8 Å². The minimum Gasteiger partial charge on any atom is -0.480 e. The van der Waals surface area contributed by atoms with Gasteiger partial charge in [-0.2, -0.15) is 0 Å². The Morgan fingerprint density at radius 2 is 1.67 bits per heavy atom. The summed E-state index contributed by atoms with van der Waals surface area (Å²) in [6, 6.07) is 16.7. The van der Waals surface area contributed by atoms with Gasteiger partial charge in [-0.1, -0.05) is 49.7 Å². The third-order valence-electron chi connectivity index (χ3n) is 5.59. The van der Waals surface area contributed by atoms with Crippen molar-refractivity contribution in [3.63, 3.8) is 0 Å². The molecule has 1 fully saturated rings. The fourth-order valence-electron chi connectivity index (χ4n) is 3.99. The van der Waals surface area contributed by atoms with Crippen LogP contribution in [0.5, 0.6) is 0 Å². The molecule has 4 nitrogen and oxygen atoms in total. The number of nitrogens with zero attached hydrogens (tertiary/aromatic N) is 2. The number of aliphatic carboxylic acids is 1. The van der Waals surface area contributed by atoms with Crippen LogP contribution in [0.25, 0.3) is 0 Å². The normalized spacial score (nSPS) is 18.9. The maximum Gasteiger partial charge on any atom is 0.320 e. The van der Waals surface area contributed by atoms with Gasteiger partial charge in [0.05, 0.1) is 6.04 Å². The van der Waals surface area contributed by atoms with E-state index < -0.39 is 12.0 Å². The maximum absolute atomic E-state index is 11.9. The molecule has 2 atom stereocenters. The topological polar surface area (TPSA) is 43.8 Å². The molecule has 1 saturated heterocycles.